The summed E-state index contributed by atoms with van der Waals surface area (Å²) in [6.07, 6.45) is 2.10. The summed E-state index contributed by atoms with van der Waals surface area (Å²) < 4.78 is 1.45. The maximum absolute atomic E-state index is 13.3. The van der Waals surface area contributed by atoms with Crippen LogP contribution < -0.4 is 5.56 Å². The molecule has 0 aromatic carbocycles. The Labute approximate surface area is 149 Å². The Hall–Kier alpha value is -2.02. The van der Waals surface area contributed by atoms with E-state index in [-0.39, 0.29) is 17.3 Å². The molecule has 2 heterocycles. The van der Waals surface area contributed by atoms with Gasteiger partial charge in [-0.3, -0.25) is 19.0 Å². The highest BCUT2D eigenvalue weighted by molar-refractivity contribution is 7.18. The average Bonchev–Trinajstić information content (AvgIpc) is 2.92. The van der Waals surface area contributed by atoms with Crippen LogP contribution in [0.25, 0.3) is 10.2 Å². The average molecular weight is 362 g/mol. The van der Waals surface area contributed by atoms with E-state index in [1.54, 1.807) is 6.92 Å². The number of aryl methyl sites for hydroxylation is 1. The lowest BCUT2D eigenvalue weighted by atomic mass is 9.86. The van der Waals surface area contributed by atoms with Gasteiger partial charge < -0.3 is 5.11 Å². The fourth-order valence-electron chi connectivity index (χ4n) is 3.52. The van der Waals surface area contributed by atoms with Crippen molar-refractivity contribution in [3.05, 3.63) is 26.6 Å². The second kappa shape index (κ2) is 6.37. The second-order valence-electron chi connectivity index (χ2n) is 6.99. The molecule has 25 heavy (non-hydrogen) atoms. The van der Waals surface area contributed by atoms with Gasteiger partial charge in [-0.15, -0.1) is 11.3 Å². The van der Waals surface area contributed by atoms with Gasteiger partial charge in [0.05, 0.1) is 17.3 Å². The van der Waals surface area contributed by atoms with E-state index in [1.165, 1.54) is 22.8 Å². The lowest BCUT2D eigenvalue weighted by Crippen LogP contribution is -2.32. The molecule has 2 unspecified atom stereocenters. The van der Waals surface area contributed by atoms with E-state index in [0.29, 0.717) is 28.0 Å². The normalized spacial score (nSPS) is 18.4. The van der Waals surface area contributed by atoms with Gasteiger partial charge in [0.1, 0.15) is 10.7 Å². The predicted octanol–water partition coefficient (Wildman–Crippen LogP) is 3.24. The van der Waals surface area contributed by atoms with E-state index in [2.05, 4.69) is 4.98 Å². The lowest BCUT2D eigenvalue weighted by Gasteiger charge is -2.21. The van der Waals surface area contributed by atoms with Gasteiger partial charge in [-0.25, -0.2) is 4.98 Å². The lowest BCUT2D eigenvalue weighted by molar-refractivity contribution is -0.139. The number of ketones is 1. The predicted molar refractivity (Wildman–Crippen MR) is 96.7 cm³/mol. The molecule has 0 saturated carbocycles. The number of carbonyl (C=O) groups is 2. The van der Waals surface area contributed by atoms with Gasteiger partial charge in [0.2, 0.25) is 0 Å². The first-order valence-electron chi connectivity index (χ1n) is 8.55. The van der Waals surface area contributed by atoms with Crippen LogP contribution in [0.4, 0.5) is 0 Å². The molecule has 7 heteroatoms. The SMILES string of the molecule is CC(=O)C(C)n1c(C(C)C)nc2sc3c(c2c1=O)C(C(=O)O)CCC3. The molecule has 2 atom stereocenters. The number of rotatable bonds is 4. The minimum Gasteiger partial charge on any atom is -0.481 e. The molecule has 1 N–H and O–H groups in total. The largest absolute Gasteiger partial charge is 0.481 e. The Balaban J connectivity index is 2.40. The minimum atomic E-state index is -0.904. The van der Waals surface area contributed by atoms with Gasteiger partial charge >= 0.3 is 5.97 Å². The molecule has 6 nitrogen and oxygen atoms in total. The molecule has 0 saturated heterocycles. The molecule has 0 radical (unpaired) electrons. The molecule has 0 fully saturated rings. The topological polar surface area (TPSA) is 89.3 Å². The van der Waals surface area contributed by atoms with E-state index in [4.69, 9.17) is 0 Å². The van der Waals surface area contributed by atoms with E-state index in [9.17, 15) is 19.5 Å². The fourth-order valence-corrected chi connectivity index (χ4v) is 4.79. The van der Waals surface area contributed by atoms with Gasteiger partial charge in [-0.1, -0.05) is 13.8 Å². The first-order valence-corrected chi connectivity index (χ1v) is 9.36. The summed E-state index contributed by atoms with van der Waals surface area (Å²) in [6, 6.07) is -0.621. The number of hydrogen-bond donors (Lipinski definition) is 1. The molecule has 2 aromatic rings. The van der Waals surface area contributed by atoms with Crippen LogP contribution >= 0.6 is 11.3 Å². The zero-order valence-corrected chi connectivity index (χ0v) is 15.6. The Kier molecular flexibility index (Phi) is 4.53. The Morgan fingerprint density at radius 1 is 1.32 bits per heavy atom. The summed E-state index contributed by atoms with van der Waals surface area (Å²) in [4.78, 5) is 43.1. The molecule has 1 aliphatic carbocycles. The number of aromatic nitrogens is 2. The van der Waals surface area contributed by atoms with Crippen LogP contribution in [0.15, 0.2) is 4.79 Å². The molecule has 1 aliphatic rings. The van der Waals surface area contributed by atoms with Crippen LogP contribution in [0.3, 0.4) is 0 Å². The maximum atomic E-state index is 13.3. The van der Waals surface area contributed by atoms with E-state index < -0.39 is 17.9 Å². The number of aliphatic carboxylic acids is 1. The standard InChI is InChI=1S/C18H22N2O4S/c1-8(2)15-19-16-14(17(22)20(15)9(3)10(4)21)13-11(18(23)24)6-5-7-12(13)25-16/h8-9,11H,5-7H2,1-4H3,(H,23,24). The molecule has 0 spiro atoms. The van der Waals surface area contributed by atoms with Crippen molar-refractivity contribution in [2.75, 3.05) is 0 Å². The third-order valence-corrected chi connectivity index (χ3v) is 6.09. The molecule has 0 aliphatic heterocycles. The summed E-state index contributed by atoms with van der Waals surface area (Å²) in [6.45, 7) is 7.01. The number of carboxylic acids is 1. The van der Waals surface area contributed by atoms with Gasteiger partial charge in [0.25, 0.3) is 5.56 Å². The van der Waals surface area contributed by atoms with Crippen molar-refractivity contribution in [1.82, 2.24) is 9.55 Å². The third-order valence-electron chi connectivity index (χ3n) is 4.93. The van der Waals surface area contributed by atoms with Crippen molar-refractivity contribution in [1.29, 1.82) is 0 Å². The molecule has 0 amide bonds. The fraction of sp³-hybridized carbons (Fsp3) is 0.556. The third kappa shape index (κ3) is 2.80. The van der Waals surface area contributed by atoms with Crippen LogP contribution in [-0.2, 0) is 16.0 Å². The van der Waals surface area contributed by atoms with E-state index in [0.717, 1.165) is 17.7 Å². The van der Waals surface area contributed by atoms with Gasteiger partial charge in [0.15, 0.2) is 5.78 Å². The van der Waals surface area contributed by atoms with Crippen molar-refractivity contribution in [3.63, 3.8) is 0 Å². The van der Waals surface area contributed by atoms with Crippen LogP contribution in [0, 0.1) is 0 Å². The van der Waals surface area contributed by atoms with Crippen LogP contribution in [0.1, 0.15) is 74.7 Å². The number of carboxylic acid groups (broad SMARTS) is 1. The number of hydrogen-bond acceptors (Lipinski definition) is 5. The minimum absolute atomic E-state index is 0.0201. The summed E-state index contributed by atoms with van der Waals surface area (Å²) in [5, 5.41) is 9.98. The first kappa shape index (κ1) is 17.8. The van der Waals surface area contributed by atoms with Gasteiger partial charge in [0, 0.05) is 10.8 Å². The second-order valence-corrected chi connectivity index (χ2v) is 8.07. The van der Waals surface area contributed by atoms with Crippen molar-refractivity contribution >= 4 is 33.3 Å². The van der Waals surface area contributed by atoms with Crippen molar-refractivity contribution in [2.24, 2.45) is 0 Å². The van der Waals surface area contributed by atoms with Crippen LogP contribution in [0.2, 0.25) is 0 Å². The van der Waals surface area contributed by atoms with Gasteiger partial charge in [-0.2, -0.15) is 0 Å². The molecule has 2 aromatic heterocycles. The summed E-state index contributed by atoms with van der Waals surface area (Å²) >= 11 is 1.42. The number of Topliss-reactive ketones (excluding diaryl/α,β-unsaturated/α-hetero) is 1. The smallest absolute Gasteiger partial charge is 0.311 e. The molecular formula is C18H22N2O4S. The zero-order chi connectivity index (χ0) is 18.5. The molecule has 3 rings (SSSR count). The molecule has 134 valence electrons. The summed E-state index contributed by atoms with van der Waals surface area (Å²) in [7, 11) is 0. The van der Waals surface area contributed by atoms with E-state index >= 15 is 0 Å². The number of thiophene rings is 1. The van der Waals surface area contributed by atoms with Crippen molar-refractivity contribution in [3.8, 4) is 0 Å². The number of carbonyl (C=O) groups excluding carboxylic acids is 1. The van der Waals surface area contributed by atoms with Crippen molar-refractivity contribution < 1.29 is 14.7 Å². The monoisotopic (exact) mass is 362 g/mol. The Morgan fingerprint density at radius 2 is 2.00 bits per heavy atom. The Morgan fingerprint density at radius 3 is 2.56 bits per heavy atom. The van der Waals surface area contributed by atoms with E-state index in [1.807, 2.05) is 13.8 Å². The molecular weight excluding hydrogens is 340 g/mol. The maximum Gasteiger partial charge on any atom is 0.311 e. The highest BCUT2D eigenvalue weighted by Crippen LogP contribution is 2.41. The Bertz CT molecular complexity index is 925. The van der Waals surface area contributed by atoms with Gasteiger partial charge in [-0.05, 0) is 38.7 Å². The highest BCUT2D eigenvalue weighted by atomic mass is 32.1. The number of nitrogens with zero attached hydrogens (tertiary/aromatic N) is 2. The summed E-state index contributed by atoms with van der Waals surface area (Å²) in [5.41, 5.74) is 0.332. The summed E-state index contributed by atoms with van der Waals surface area (Å²) in [5.74, 6) is -1.14. The van der Waals surface area contributed by atoms with Crippen LogP contribution in [0.5, 0.6) is 0 Å². The van der Waals surface area contributed by atoms with Crippen molar-refractivity contribution in [2.45, 2.75) is 64.8 Å². The first-order chi connectivity index (χ1) is 11.7. The zero-order valence-electron chi connectivity index (χ0n) is 14.8. The molecule has 0 bridgehead atoms. The highest BCUT2D eigenvalue weighted by Gasteiger charge is 2.33. The van der Waals surface area contributed by atoms with Crippen LogP contribution in [-0.4, -0.2) is 26.4 Å². The quantitative estimate of drug-likeness (QED) is 0.902. The number of fused-ring (bicyclic) bond motifs is 3.